The highest BCUT2D eigenvalue weighted by molar-refractivity contribution is 5.95. The number of amides is 2. The summed E-state index contributed by atoms with van der Waals surface area (Å²) in [4.78, 5) is 27.9. The molecule has 1 saturated heterocycles. The summed E-state index contributed by atoms with van der Waals surface area (Å²) in [5, 5.41) is 0. The number of carbonyl (C=O) groups is 2. The summed E-state index contributed by atoms with van der Waals surface area (Å²) in [6.45, 7) is 2.46. The van der Waals surface area contributed by atoms with E-state index in [4.69, 9.17) is 15.2 Å². The van der Waals surface area contributed by atoms with Crippen molar-refractivity contribution in [1.29, 1.82) is 0 Å². The minimum Gasteiger partial charge on any atom is -0.493 e. The monoisotopic (exact) mass is 357 g/mol. The Balaban J connectivity index is 0.00000288. The molecule has 134 valence electrons. The molecule has 0 unspecified atom stereocenters. The van der Waals surface area contributed by atoms with Crippen LogP contribution in [0.4, 0.5) is 0 Å². The van der Waals surface area contributed by atoms with Gasteiger partial charge in [-0.25, -0.2) is 0 Å². The van der Waals surface area contributed by atoms with E-state index in [-0.39, 0.29) is 24.2 Å². The van der Waals surface area contributed by atoms with Gasteiger partial charge in [0.05, 0.1) is 14.2 Å². The smallest absolute Gasteiger partial charge is 0.254 e. The number of halogens is 1. The molecular weight excluding hydrogens is 334 g/mol. The molecule has 0 aromatic heterocycles. The fourth-order valence-corrected chi connectivity index (χ4v) is 2.59. The highest BCUT2D eigenvalue weighted by Gasteiger charge is 2.25. The summed E-state index contributed by atoms with van der Waals surface area (Å²) in [6, 6.07) is 5.11. The summed E-state index contributed by atoms with van der Waals surface area (Å²) in [6.07, 6.45) is 0.351. The molecule has 1 aliphatic rings. The number of nitrogens with zero attached hydrogens (tertiary/aromatic N) is 2. The first-order chi connectivity index (χ1) is 11.1. The predicted molar refractivity (Wildman–Crippen MR) is 92.9 cm³/mol. The minimum atomic E-state index is -0.0723. The Bertz CT molecular complexity index is 574. The van der Waals surface area contributed by atoms with Gasteiger partial charge in [-0.15, -0.1) is 12.4 Å². The molecule has 2 N–H and O–H groups in total. The highest BCUT2D eigenvalue weighted by atomic mass is 35.5. The topological polar surface area (TPSA) is 85.1 Å². The molecule has 0 atom stereocenters. The van der Waals surface area contributed by atoms with Crippen molar-refractivity contribution < 1.29 is 19.1 Å². The standard InChI is InChI=1S/C16H23N3O4.ClH/c1-22-13-4-3-12(11-14(13)23-2)16(21)19-9-7-18(8-10-19)15(20)5-6-17;/h3-4,11H,5-10,17H2,1-2H3;1H. The molecule has 0 radical (unpaired) electrons. The van der Waals surface area contributed by atoms with Gasteiger partial charge in [-0.1, -0.05) is 0 Å². The van der Waals surface area contributed by atoms with Gasteiger partial charge in [0.2, 0.25) is 5.91 Å². The Kier molecular flexibility index (Phi) is 7.81. The fourth-order valence-electron chi connectivity index (χ4n) is 2.59. The van der Waals surface area contributed by atoms with Gasteiger partial charge >= 0.3 is 0 Å². The third-order valence-electron chi connectivity index (χ3n) is 3.91. The molecule has 8 heteroatoms. The van der Waals surface area contributed by atoms with E-state index in [1.54, 1.807) is 35.1 Å². The zero-order valence-corrected chi connectivity index (χ0v) is 14.8. The maximum atomic E-state index is 12.6. The van der Waals surface area contributed by atoms with E-state index >= 15 is 0 Å². The van der Waals surface area contributed by atoms with Gasteiger partial charge in [0, 0.05) is 44.7 Å². The summed E-state index contributed by atoms with van der Waals surface area (Å²) < 4.78 is 10.4. The number of ether oxygens (including phenoxy) is 2. The molecular formula is C16H24ClN3O4. The number of hydrogen-bond donors (Lipinski definition) is 1. The predicted octanol–water partition coefficient (Wildman–Crippen LogP) is 0.759. The van der Waals surface area contributed by atoms with E-state index in [1.165, 1.54) is 7.11 Å². The quantitative estimate of drug-likeness (QED) is 0.840. The second kappa shape index (κ2) is 9.34. The molecule has 2 rings (SSSR count). The van der Waals surface area contributed by atoms with Crippen LogP contribution >= 0.6 is 12.4 Å². The molecule has 0 aliphatic carbocycles. The van der Waals surface area contributed by atoms with Crippen LogP contribution < -0.4 is 15.2 Å². The van der Waals surface area contributed by atoms with Crippen LogP contribution in [0.5, 0.6) is 11.5 Å². The van der Waals surface area contributed by atoms with Crippen molar-refractivity contribution in [2.45, 2.75) is 6.42 Å². The number of hydrogen-bond acceptors (Lipinski definition) is 5. The van der Waals surface area contributed by atoms with E-state index in [9.17, 15) is 9.59 Å². The maximum absolute atomic E-state index is 12.6. The van der Waals surface area contributed by atoms with Crippen molar-refractivity contribution in [3.8, 4) is 11.5 Å². The van der Waals surface area contributed by atoms with Crippen LogP contribution in [0.15, 0.2) is 18.2 Å². The van der Waals surface area contributed by atoms with Gasteiger partial charge in [0.25, 0.3) is 5.91 Å². The first kappa shape index (κ1) is 20.1. The highest BCUT2D eigenvalue weighted by Crippen LogP contribution is 2.28. The molecule has 1 fully saturated rings. The van der Waals surface area contributed by atoms with Crippen molar-refractivity contribution in [2.24, 2.45) is 5.73 Å². The molecule has 0 saturated carbocycles. The van der Waals surface area contributed by atoms with Crippen LogP contribution in [0.3, 0.4) is 0 Å². The Morgan fingerprint density at radius 3 is 2.17 bits per heavy atom. The first-order valence-electron chi connectivity index (χ1n) is 7.59. The fraction of sp³-hybridized carbons (Fsp3) is 0.500. The second-order valence-corrected chi connectivity index (χ2v) is 5.28. The lowest BCUT2D eigenvalue weighted by atomic mass is 10.1. The number of methoxy groups -OCH3 is 2. The van der Waals surface area contributed by atoms with Crippen molar-refractivity contribution >= 4 is 24.2 Å². The average molecular weight is 358 g/mol. The molecule has 1 heterocycles. The molecule has 2 amide bonds. The van der Waals surface area contributed by atoms with E-state index in [1.807, 2.05) is 0 Å². The molecule has 0 spiro atoms. The third-order valence-corrected chi connectivity index (χ3v) is 3.91. The van der Waals surface area contributed by atoms with Crippen LogP contribution in [-0.2, 0) is 4.79 Å². The van der Waals surface area contributed by atoms with E-state index in [0.717, 1.165) is 0 Å². The maximum Gasteiger partial charge on any atom is 0.254 e. The summed E-state index contributed by atoms with van der Waals surface area (Å²) in [5.41, 5.74) is 5.95. The average Bonchev–Trinajstić information content (AvgIpc) is 2.60. The van der Waals surface area contributed by atoms with Crippen LogP contribution in [0.25, 0.3) is 0 Å². The van der Waals surface area contributed by atoms with E-state index in [2.05, 4.69) is 0 Å². The van der Waals surface area contributed by atoms with Crippen molar-refractivity contribution in [3.05, 3.63) is 23.8 Å². The third kappa shape index (κ3) is 4.52. The van der Waals surface area contributed by atoms with Gasteiger partial charge in [-0.3, -0.25) is 9.59 Å². The summed E-state index contributed by atoms with van der Waals surface area (Å²) in [7, 11) is 3.09. The number of rotatable bonds is 5. The Labute approximate surface area is 148 Å². The molecule has 0 bridgehead atoms. The molecule has 24 heavy (non-hydrogen) atoms. The second-order valence-electron chi connectivity index (χ2n) is 5.28. The van der Waals surface area contributed by atoms with Crippen molar-refractivity contribution in [2.75, 3.05) is 46.9 Å². The van der Waals surface area contributed by atoms with E-state index < -0.39 is 0 Å². The van der Waals surface area contributed by atoms with Gasteiger partial charge < -0.3 is 25.0 Å². The van der Waals surface area contributed by atoms with Crippen LogP contribution in [0.2, 0.25) is 0 Å². The van der Waals surface area contributed by atoms with E-state index in [0.29, 0.717) is 56.2 Å². The van der Waals surface area contributed by atoms with Crippen LogP contribution in [0.1, 0.15) is 16.8 Å². The Morgan fingerprint density at radius 2 is 1.62 bits per heavy atom. The Hall–Kier alpha value is -1.99. The largest absolute Gasteiger partial charge is 0.493 e. The van der Waals surface area contributed by atoms with Crippen LogP contribution in [0, 0.1) is 0 Å². The minimum absolute atomic E-state index is 0. The molecule has 1 aliphatic heterocycles. The normalized spacial score (nSPS) is 14.0. The molecule has 1 aromatic carbocycles. The number of benzene rings is 1. The van der Waals surface area contributed by atoms with Crippen molar-refractivity contribution in [3.63, 3.8) is 0 Å². The SMILES string of the molecule is COc1ccc(C(=O)N2CCN(C(=O)CCN)CC2)cc1OC.Cl. The first-order valence-corrected chi connectivity index (χ1v) is 7.59. The van der Waals surface area contributed by atoms with Gasteiger partial charge in [-0.05, 0) is 18.2 Å². The van der Waals surface area contributed by atoms with Gasteiger partial charge in [-0.2, -0.15) is 0 Å². The zero-order valence-electron chi connectivity index (χ0n) is 14.0. The molecule has 7 nitrogen and oxygen atoms in total. The van der Waals surface area contributed by atoms with Gasteiger partial charge in [0.1, 0.15) is 0 Å². The number of piperazine rings is 1. The lowest BCUT2D eigenvalue weighted by Crippen LogP contribution is -2.50. The summed E-state index contributed by atoms with van der Waals surface area (Å²) in [5.74, 6) is 1.08. The zero-order chi connectivity index (χ0) is 16.8. The number of nitrogens with two attached hydrogens (primary N) is 1. The van der Waals surface area contributed by atoms with Gasteiger partial charge in [0.15, 0.2) is 11.5 Å². The van der Waals surface area contributed by atoms with Crippen LogP contribution in [-0.4, -0.2) is 68.6 Å². The van der Waals surface area contributed by atoms with Crippen molar-refractivity contribution in [1.82, 2.24) is 9.80 Å². The Morgan fingerprint density at radius 1 is 1.04 bits per heavy atom. The lowest BCUT2D eigenvalue weighted by Gasteiger charge is -2.35. The molecule has 1 aromatic rings. The number of carbonyl (C=O) groups excluding carboxylic acids is 2. The summed E-state index contributed by atoms with van der Waals surface area (Å²) >= 11 is 0. The lowest BCUT2D eigenvalue weighted by molar-refractivity contribution is -0.132.